The fourth-order valence-corrected chi connectivity index (χ4v) is 2.17. The second-order valence-corrected chi connectivity index (χ2v) is 4.97. The Balaban J connectivity index is 2.15. The van der Waals surface area contributed by atoms with E-state index in [1.165, 1.54) is 12.1 Å². The van der Waals surface area contributed by atoms with Crippen molar-refractivity contribution in [3.05, 3.63) is 58.3 Å². The SMILES string of the molecule is O=C(Nc1ccccc1)C(Cl)c1cc(Cl)nc(Cl)c1. The molecule has 98 valence electrons. The molecular formula is C13H9Cl3N2O. The highest BCUT2D eigenvalue weighted by Gasteiger charge is 2.19. The molecule has 1 heterocycles. The minimum absolute atomic E-state index is 0.195. The number of rotatable bonds is 3. The molecule has 0 aliphatic heterocycles. The van der Waals surface area contributed by atoms with Crippen molar-refractivity contribution >= 4 is 46.4 Å². The number of hydrogen-bond donors (Lipinski definition) is 1. The summed E-state index contributed by atoms with van der Waals surface area (Å²) in [7, 11) is 0. The van der Waals surface area contributed by atoms with Crippen LogP contribution in [0.5, 0.6) is 0 Å². The third-order valence-electron chi connectivity index (χ3n) is 2.35. The average Bonchev–Trinajstić information content (AvgIpc) is 2.37. The lowest BCUT2D eigenvalue weighted by Gasteiger charge is -2.11. The van der Waals surface area contributed by atoms with E-state index in [4.69, 9.17) is 34.8 Å². The quantitative estimate of drug-likeness (QED) is 0.677. The molecule has 19 heavy (non-hydrogen) atoms. The number of pyridine rings is 1. The summed E-state index contributed by atoms with van der Waals surface area (Å²) in [6, 6.07) is 12.1. The molecule has 1 amide bonds. The smallest absolute Gasteiger partial charge is 0.246 e. The van der Waals surface area contributed by atoms with Gasteiger partial charge in [0.25, 0.3) is 0 Å². The van der Waals surface area contributed by atoms with Gasteiger partial charge in [-0.05, 0) is 29.8 Å². The van der Waals surface area contributed by atoms with Gasteiger partial charge < -0.3 is 5.32 Å². The maximum atomic E-state index is 12.0. The van der Waals surface area contributed by atoms with Crippen LogP contribution in [0, 0.1) is 0 Å². The molecule has 1 aromatic carbocycles. The van der Waals surface area contributed by atoms with Gasteiger partial charge in [0.2, 0.25) is 5.91 Å². The van der Waals surface area contributed by atoms with Gasteiger partial charge in [0.05, 0.1) is 0 Å². The van der Waals surface area contributed by atoms with Crippen molar-refractivity contribution in [3.8, 4) is 0 Å². The summed E-state index contributed by atoms with van der Waals surface area (Å²) in [4.78, 5) is 15.8. The predicted molar refractivity (Wildman–Crippen MR) is 77.9 cm³/mol. The first kappa shape index (κ1) is 14.1. The Morgan fingerprint density at radius 1 is 1.11 bits per heavy atom. The van der Waals surface area contributed by atoms with Crippen LogP contribution in [0.2, 0.25) is 10.3 Å². The molecule has 1 unspecified atom stereocenters. The van der Waals surface area contributed by atoms with Crippen molar-refractivity contribution in [1.29, 1.82) is 0 Å². The fourth-order valence-electron chi connectivity index (χ4n) is 1.51. The largest absolute Gasteiger partial charge is 0.325 e. The molecule has 0 saturated heterocycles. The molecule has 0 aliphatic carbocycles. The number of nitrogens with zero attached hydrogens (tertiary/aromatic N) is 1. The standard InChI is InChI=1S/C13H9Cl3N2O/c14-10-6-8(7-11(15)18-10)12(16)13(19)17-9-4-2-1-3-5-9/h1-7,12H,(H,17,19). The van der Waals surface area contributed by atoms with Crippen LogP contribution in [0.1, 0.15) is 10.9 Å². The van der Waals surface area contributed by atoms with Crippen LogP contribution in [0.25, 0.3) is 0 Å². The Morgan fingerprint density at radius 3 is 2.26 bits per heavy atom. The minimum Gasteiger partial charge on any atom is -0.325 e. The van der Waals surface area contributed by atoms with E-state index in [2.05, 4.69) is 10.3 Å². The summed E-state index contributed by atoms with van der Waals surface area (Å²) in [5, 5.41) is 2.20. The number of aromatic nitrogens is 1. The number of halogens is 3. The van der Waals surface area contributed by atoms with Gasteiger partial charge in [0, 0.05) is 5.69 Å². The van der Waals surface area contributed by atoms with Crippen LogP contribution < -0.4 is 5.32 Å². The van der Waals surface area contributed by atoms with Crippen LogP contribution in [0.15, 0.2) is 42.5 Å². The Labute approximate surface area is 125 Å². The van der Waals surface area contributed by atoms with Crippen molar-refractivity contribution < 1.29 is 4.79 Å². The van der Waals surface area contributed by atoms with Crippen molar-refractivity contribution in [3.63, 3.8) is 0 Å². The lowest BCUT2D eigenvalue weighted by Crippen LogP contribution is -2.17. The Morgan fingerprint density at radius 2 is 1.68 bits per heavy atom. The van der Waals surface area contributed by atoms with E-state index in [-0.39, 0.29) is 16.2 Å². The molecule has 3 nitrogen and oxygen atoms in total. The maximum absolute atomic E-state index is 12.0. The van der Waals surface area contributed by atoms with E-state index in [0.717, 1.165) is 0 Å². The number of benzene rings is 1. The Bertz CT molecular complexity index is 569. The number of anilines is 1. The molecule has 1 N–H and O–H groups in total. The minimum atomic E-state index is -0.891. The number of carbonyl (C=O) groups excluding carboxylic acids is 1. The topological polar surface area (TPSA) is 42.0 Å². The highest BCUT2D eigenvalue weighted by Crippen LogP contribution is 2.26. The van der Waals surface area contributed by atoms with Crippen LogP contribution in [-0.4, -0.2) is 10.9 Å². The maximum Gasteiger partial charge on any atom is 0.246 e. The van der Waals surface area contributed by atoms with Gasteiger partial charge in [-0.25, -0.2) is 4.98 Å². The predicted octanol–water partition coefficient (Wildman–Crippen LogP) is 4.31. The van der Waals surface area contributed by atoms with Gasteiger partial charge in [0.15, 0.2) is 0 Å². The molecule has 1 atom stereocenters. The molecular weight excluding hydrogens is 307 g/mol. The molecule has 1 aromatic heterocycles. The highest BCUT2D eigenvalue weighted by atomic mass is 35.5. The first-order chi connectivity index (χ1) is 9.06. The molecule has 6 heteroatoms. The van der Waals surface area contributed by atoms with Crippen LogP contribution in [0.4, 0.5) is 5.69 Å². The first-order valence-electron chi connectivity index (χ1n) is 5.39. The van der Waals surface area contributed by atoms with Gasteiger partial charge in [-0.2, -0.15) is 0 Å². The summed E-state index contributed by atoms with van der Waals surface area (Å²) in [5.74, 6) is -0.355. The second-order valence-electron chi connectivity index (χ2n) is 3.76. The highest BCUT2D eigenvalue weighted by molar-refractivity contribution is 6.34. The van der Waals surface area contributed by atoms with Crippen molar-refractivity contribution in [1.82, 2.24) is 4.98 Å². The van der Waals surface area contributed by atoms with Gasteiger partial charge in [-0.1, -0.05) is 41.4 Å². The first-order valence-corrected chi connectivity index (χ1v) is 6.58. The molecule has 0 fully saturated rings. The van der Waals surface area contributed by atoms with Gasteiger partial charge in [-0.15, -0.1) is 11.6 Å². The normalized spacial score (nSPS) is 11.9. The van der Waals surface area contributed by atoms with Crippen molar-refractivity contribution in [2.45, 2.75) is 5.38 Å². The lowest BCUT2D eigenvalue weighted by atomic mass is 10.2. The molecule has 0 radical (unpaired) electrons. The Hall–Kier alpha value is -1.29. The molecule has 2 aromatic rings. The van der Waals surface area contributed by atoms with Crippen molar-refractivity contribution in [2.24, 2.45) is 0 Å². The lowest BCUT2D eigenvalue weighted by molar-refractivity contribution is -0.116. The number of amides is 1. The van der Waals surface area contributed by atoms with Gasteiger partial charge in [0.1, 0.15) is 15.7 Å². The van der Waals surface area contributed by atoms with E-state index in [1.807, 2.05) is 18.2 Å². The van der Waals surface area contributed by atoms with E-state index < -0.39 is 5.38 Å². The van der Waals surface area contributed by atoms with E-state index in [0.29, 0.717) is 11.3 Å². The van der Waals surface area contributed by atoms with Crippen LogP contribution in [0.3, 0.4) is 0 Å². The van der Waals surface area contributed by atoms with E-state index in [9.17, 15) is 4.79 Å². The third kappa shape index (κ3) is 3.83. The average molecular weight is 316 g/mol. The van der Waals surface area contributed by atoms with Crippen LogP contribution >= 0.6 is 34.8 Å². The number of alkyl halides is 1. The molecule has 0 spiro atoms. The third-order valence-corrected chi connectivity index (χ3v) is 3.19. The monoisotopic (exact) mass is 314 g/mol. The van der Waals surface area contributed by atoms with Gasteiger partial charge >= 0.3 is 0 Å². The summed E-state index contributed by atoms with van der Waals surface area (Å²) >= 11 is 17.6. The van der Waals surface area contributed by atoms with E-state index in [1.54, 1.807) is 12.1 Å². The number of nitrogens with one attached hydrogen (secondary N) is 1. The zero-order valence-electron chi connectivity index (χ0n) is 9.61. The molecule has 0 saturated carbocycles. The summed E-state index contributed by atoms with van der Waals surface area (Å²) < 4.78 is 0. The molecule has 2 rings (SSSR count). The molecule has 0 aliphatic rings. The number of para-hydroxylation sites is 1. The van der Waals surface area contributed by atoms with Crippen molar-refractivity contribution in [2.75, 3.05) is 5.32 Å². The van der Waals surface area contributed by atoms with Crippen LogP contribution in [-0.2, 0) is 4.79 Å². The summed E-state index contributed by atoms with van der Waals surface area (Å²) in [6.45, 7) is 0. The zero-order valence-corrected chi connectivity index (χ0v) is 11.9. The second kappa shape index (κ2) is 6.24. The summed E-state index contributed by atoms with van der Waals surface area (Å²) in [5.41, 5.74) is 1.17. The number of hydrogen-bond acceptors (Lipinski definition) is 2. The Kier molecular flexibility index (Phi) is 4.64. The molecule has 0 bridgehead atoms. The summed E-state index contributed by atoms with van der Waals surface area (Å²) in [6.07, 6.45) is 0. The zero-order chi connectivity index (χ0) is 13.8. The van der Waals surface area contributed by atoms with E-state index >= 15 is 0 Å². The number of carbonyl (C=O) groups is 1. The van der Waals surface area contributed by atoms with Gasteiger partial charge in [-0.3, -0.25) is 4.79 Å². The fraction of sp³-hybridized carbons (Fsp3) is 0.0769.